The number of carbonyl (C=O) groups excluding carboxylic acids is 1. The van der Waals surface area contributed by atoms with Gasteiger partial charge in [0.2, 0.25) is 0 Å². The van der Waals surface area contributed by atoms with E-state index in [4.69, 9.17) is 5.26 Å². The molecule has 1 fully saturated rings. The number of carbonyl (C=O) groups is 1. The molecule has 0 spiro atoms. The predicted molar refractivity (Wildman–Crippen MR) is 144 cm³/mol. The number of benzene rings is 3. The summed E-state index contributed by atoms with van der Waals surface area (Å²) in [5, 5.41) is 12.1. The van der Waals surface area contributed by atoms with Gasteiger partial charge in [0.1, 0.15) is 5.82 Å². The molecule has 0 saturated carbocycles. The zero-order valence-corrected chi connectivity index (χ0v) is 21.1. The normalized spacial score (nSPS) is 18.2. The molecule has 5 nitrogen and oxygen atoms in total. The summed E-state index contributed by atoms with van der Waals surface area (Å²) in [6, 6.07) is 24.4. The molecule has 0 aromatic heterocycles. The average molecular weight is 497 g/mol. The molecule has 190 valence electrons. The smallest absolute Gasteiger partial charge is 0.320 e. The number of nitrogens with one attached hydrogen (secondary N) is 1. The summed E-state index contributed by atoms with van der Waals surface area (Å²) in [5.74, 6) is 0.765. The highest BCUT2D eigenvalue weighted by Crippen LogP contribution is 2.32. The molecule has 2 amide bonds. The van der Waals surface area contributed by atoms with E-state index >= 15 is 0 Å². The molecule has 2 aliphatic rings. The van der Waals surface area contributed by atoms with Gasteiger partial charge in [0.25, 0.3) is 0 Å². The predicted octanol–water partition coefficient (Wildman–Crippen LogP) is 6.17. The van der Waals surface area contributed by atoms with Gasteiger partial charge in [-0.15, -0.1) is 0 Å². The SMILES string of the molecule is N#Cc1cccc(NC(=O)N2Cc3ccccc3C(CCN3CCC(Cc4ccc(F)cc4)CC3)C2)c1. The molecule has 0 radical (unpaired) electrons. The van der Waals surface area contributed by atoms with Gasteiger partial charge in [0, 0.05) is 24.7 Å². The Hall–Kier alpha value is -3.69. The van der Waals surface area contributed by atoms with Gasteiger partial charge in [0.05, 0.1) is 11.6 Å². The van der Waals surface area contributed by atoms with Crippen molar-refractivity contribution < 1.29 is 9.18 Å². The summed E-state index contributed by atoms with van der Waals surface area (Å²) in [4.78, 5) is 17.6. The number of hydrogen-bond acceptors (Lipinski definition) is 3. The monoisotopic (exact) mass is 496 g/mol. The van der Waals surface area contributed by atoms with Crippen LogP contribution >= 0.6 is 0 Å². The Bertz CT molecular complexity index is 1260. The number of nitrogens with zero attached hydrogens (tertiary/aromatic N) is 3. The maximum absolute atomic E-state index is 13.2. The summed E-state index contributed by atoms with van der Waals surface area (Å²) in [6.45, 7) is 4.45. The number of nitriles is 1. The number of rotatable bonds is 6. The van der Waals surface area contributed by atoms with E-state index in [2.05, 4.69) is 34.5 Å². The van der Waals surface area contributed by atoms with Crippen LogP contribution in [0.1, 0.15) is 47.4 Å². The van der Waals surface area contributed by atoms with E-state index < -0.39 is 0 Å². The van der Waals surface area contributed by atoms with Gasteiger partial charge < -0.3 is 15.1 Å². The van der Waals surface area contributed by atoms with Gasteiger partial charge in [-0.25, -0.2) is 9.18 Å². The van der Waals surface area contributed by atoms with E-state index in [1.165, 1.54) is 16.7 Å². The molecular weight excluding hydrogens is 463 g/mol. The van der Waals surface area contributed by atoms with Crippen molar-refractivity contribution in [2.75, 3.05) is 31.5 Å². The van der Waals surface area contributed by atoms with Gasteiger partial charge in [-0.05, 0) is 98.3 Å². The second-order valence-corrected chi connectivity index (χ2v) is 10.3. The van der Waals surface area contributed by atoms with Gasteiger partial charge in [0.15, 0.2) is 0 Å². The van der Waals surface area contributed by atoms with Crippen LogP contribution in [-0.4, -0.2) is 42.0 Å². The minimum absolute atomic E-state index is 0.129. The van der Waals surface area contributed by atoms with Crippen molar-refractivity contribution in [2.45, 2.75) is 38.1 Å². The van der Waals surface area contributed by atoms with Crippen molar-refractivity contribution in [3.8, 4) is 6.07 Å². The Kier molecular flexibility index (Phi) is 7.82. The summed E-state index contributed by atoms with van der Waals surface area (Å²) >= 11 is 0. The first-order valence-electron chi connectivity index (χ1n) is 13.2. The first-order valence-corrected chi connectivity index (χ1v) is 13.2. The highest BCUT2D eigenvalue weighted by molar-refractivity contribution is 5.89. The number of anilines is 1. The maximum atomic E-state index is 13.2. The molecule has 2 heterocycles. The standard InChI is InChI=1S/C31H33FN4O/c32-28-10-8-23(9-11-28)18-24-12-15-35(16-13-24)17-14-27-22-36(21-26-5-1-2-7-30(26)27)31(37)34-29-6-3-4-25(19-29)20-33/h1-11,19,24,27H,12-18,21-22H2,(H,34,37). The lowest BCUT2D eigenvalue weighted by Gasteiger charge is -2.37. The molecule has 1 atom stereocenters. The molecule has 3 aromatic carbocycles. The lowest BCUT2D eigenvalue weighted by atomic mass is 9.86. The lowest BCUT2D eigenvalue weighted by Crippen LogP contribution is -2.42. The van der Waals surface area contributed by atoms with Crippen LogP contribution in [0.5, 0.6) is 0 Å². The minimum atomic E-state index is -0.174. The Balaban J connectivity index is 1.16. The van der Waals surface area contributed by atoms with E-state index in [0.29, 0.717) is 30.3 Å². The van der Waals surface area contributed by atoms with Gasteiger partial charge in [-0.2, -0.15) is 5.26 Å². The van der Waals surface area contributed by atoms with Crippen molar-refractivity contribution in [1.82, 2.24) is 9.80 Å². The summed E-state index contributed by atoms with van der Waals surface area (Å²) in [6.07, 6.45) is 4.35. The van der Waals surface area contributed by atoms with Crippen molar-refractivity contribution >= 4 is 11.7 Å². The van der Waals surface area contributed by atoms with Crippen LogP contribution < -0.4 is 5.32 Å². The third-order valence-electron chi connectivity index (χ3n) is 7.77. The second kappa shape index (κ2) is 11.6. The second-order valence-electron chi connectivity index (χ2n) is 10.3. The third-order valence-corrected chi connectivity index (χ3v) is 7.77. The highest BCUT2D eigenvalue weighted by atomic mass is 19.1. The molecule has 1 unspecified atom stereocenters. The van der Waals surface area contributed by atoms with Crippen LogP contribution in [0, 0.1) is 23.1 Å². The molecule has 2 aliphatic heterocycles. The first-order chi connectivity index (χ1) is 18.1. The largest absolute Gasteiger partial charge is 0.322 e. The van der Waals surface area contributed by atoms with E-state index in [1.807, 2.05) is 29.2 Å². The average Bonchev–Trinajstić information content (AvgIpc) is 2.93. The fraction of sp³-hybridized carbons (Fsp3) is 0.355. The molecule has 6 heteroatoms. The molecule has 0 aliphatic carbocycles. The van der Waals surface area contributed by atoms with E-state index in [1.54, 1.807) is 30.3 Å². The Morgan fingerprint density at radius 3 is 2.59 bits per heavy atom. The molecular formula is C31H33FN4O. The van der Waals surface area contributed by atoms with E-state index in [0.717, 1.165) is 45.3 Å². The third kappa shape index (κ3) is 6.36. The fourth-order valence-corrected chi connectivity index (χ4v) is 5.69. The number of fused-ring (bicyclic) bond motifs is 1. The number of likely N-dealkylation sites (tertiary alicyclic amines) is 1. The zero-order valence-electron chi connectivity index (χ0n) is 21.1. The van der Waals surface area contributed by atoms with Gasteiger partial charge in [-0.3, -0.25) is 0 Å². The van der Waals surface area contributed by atoms with Crippen LogP contribution in [0.15, 0.2) is 72.8 Å². The Morgan fingerprint density at radius 1 is 1.03 bits per heavy atom. The number of urea groups is 1. The van der Waals surface area contributed by atoms with Crippen LogP contribution in [0.3, 0.4) is 0 Å². The van der Waals surface area contributed by atoms with Crippen molar-refractivity contribution in [2.24, 2.45) is 5.92 Å². The Morgan fingerprint density at radius 2 is 1.81 bits per heavy atom. The van der Waals surface area contributed by atoms with E-state index in [-0.39, 0.29) is 17.8 Å². The molecule has 3 aromatic rings. The van der Waals surface area contributed by atoms with Crippen LogP contribution in [-0.2, 0) is 13.0 Å². The molecule has 0 bridgehead atoms. The number of hydrogen-bond donors (Lipinski definition) is 1. The van der Waals surface area contributed by atoms with Crippen molar-refractivity contribution in [3.05, 3.63) is 101 Å². The van der Waals surface area contributed by atoms with Gasteiger partial charge >= 0.3 is 6.03 Å². The summed E-state index contributed by atoms with van der Waals surface area (Å²) in [7, 11) is 0. The molecule has 1 saturated heterocycles. The van der Waals surface area contributed by atoms with Crippen molar-refractivity contribution in [1.29, 1.82) is 5.26 Å². The summed E-state index contributed by atoms with van der Waals surface area (Å²) < 4.78 is 13.2. The number of halogens is 1. The lowest BCUT2D eigenvalue weighted by molar-refractivity contribution is 0.168. The van der Waals surface area contributed by atoms with Crippen molar-refractivity contribution in [3.63, 3.8) is 0 Å². The molecule has 37 heavy (non-hydrogen) atoms. The van der Waals surface area contributed by atoms with Gasteiger partial charge in [-0.1, -0.05) is 42.5 Å². The number of piperidine rings is 1. The minimum Gasteiger partial charge on any atom is -0.320 e. The maximum Gasteiger partial charge on any atom is 0.322 e. The zero-order chi connectivity index (χ0) is 25.6. The van der Waals surface area contributed by atoms with Crippen LogP contribution in [0.4, 0.5) is 14.9 Å². The molecule has 5 rings (SSSR count). The topological polar surface area (TPSA) is 59.4 Å². The summed E-state index contributed by atoms with van der Waals surface area (Å²) in [5.41, 5.74) is 4.95. The molecule has 1 N–H and O–H groups in total. The first kappa shape index (κ1) is 25.0. The Labute approximate surface area is 218 Å². The highest BCUT2D eigenvalue weighted by Gasteiger charge is 2.29. The number of amides is 2. The quantitative estimate of drug-likeness (QED) is 0.444. The fourth-order valence-electron chi connectivity index (χ4n) is 5.69. The van der Waals surface area contributed by atoms with Crippen LogP contribution in [0.2, 0.25) is 0 Å². The van der Waals surface area contributed by atoms with Crippen LogP contribution in [0.25, 0.3) is 0 Å². The van der Waals surface area contributed by atoms with E-state index in [9.17, 15) is 9.18 Å².